The lowest BCUT2D eigenvalue weighted by Crippen LogP contribution is -2.19. The largest absolute Gasteiger partial charge is 0.482 e. The molecule has 5 heteroatoms. The third-order valence-electron chi connectivity index (χ3n) is 3.39. The van der Waals surface area contributed by atoms with E-state index in [9.17, 15) is 4.79 Å². The first-order valence-corrected chi connectivity index (χ1v) is 7.82. The summed E-state index contributed by atoms with van der Waals surface area (Å²) in [5.74, 6) is 0.377. The summed E-state index contributed by atoms with van der Waals surface area (Å²) >= 11 is 0. The van der Waals surface area contributed by atoms with Crippen LogP contribution in [0.25, 0.3) is 0 Å². The highest BCUT2D eigenvalue weighted by Gasteiger charge is 2.19. The van der Waals surface area contributed by atoms with Gasteiger partial charge in [-0.25, -0.2) is 4.79 Å². The van der Waals surface area contributed by atoms with Crippen molar-refractivity contribution in [3.8, 4) is 5.75 Å². The van der Waals surface area contributed by atoms with E-state index < -0.39 is 0 Å². The van der Waals surface area contributed by atoms with E-state index in [-0.39, 0.29) is 18.0 Å². The van der Waals surface area contributed by atoms with Gasteiger partial charge in [-0.15, -0.1) is 0 Å². The smallest absolute Gasteiger partial charge is 0.344 e. The number of benzene rings is 1. The van der Waals surface area contributed by atoms with Crippen molar-refractivity contribution in [2.75, 3.05) is 13.2 Å². The minimum atomic E-state index is -0.353. The molecule has 124 valence electrons. The number of hydrogen-bond donors (Lipinski definition) is 0. The molecule has 1 aromatic carbocycles. The average molecular weight is 316 g/mol. The minimum Gasteiger partial charge on any atom is -0.482 e. The molecule has 0 aliphatic heterocycles. The second-order valence-electron chi connectivity index (χ2n) is 6.38. The van der Waals surface area contributed by atoms with Crippen LogP contribution in [0.2, 0.25) is 0 Å². The molecule has 2 rings (SSSR count). The topological polar surface area (TPSA) is 53.4 Å². The molecule has 0 saturated carbocycles. The van der Waals surface area contributed by atoms with E-state index in [1.165, 1.54) is 0 Å². The maximum Gasteiger partial charge on any atom is 0.344 e. The van der Waals surface area contributed by atoms with Crippen molar-refractivity contribution in [3.63, 3.8) is 0 Å². The second kappa shape index (κ2) is 7.81. The predicted molar refractivity (Wildman–Crippen MR) is 88.4 cm³/mol. The zero-order valence-corrected chi connectivity index (χ0v) is 14.0. The second-order valence-corrected chi connectivity index (χ2v) is 6.38. The lowest BCUT2D eigenvalue weighted by atomic mass is 9.86. The molecule has 0 unspecified atom stereocenters. The number of para-hydroxylation sites is 1. The molecule has 0 saturated heterocycles. The quantitative estimate of drug-likeness (QED) is 0.581. The van der Waals surface area contributed by atoms with Crippen LogP contribution >= 0.6 is 0 Å². The summed E-state index contributed by atoms with van der Waals surface area (Å²) in [6, 6.07) is 9.64. The molecule has 0 aliphatic carbocycles. The van der Waals surface area contributed by atoms with Crippen molar-refractivity contribution in [2.45, 2.75) is 39.2 Å². The van der Waals surface area contributed by atoms with E-state index in [2.05, 4.69) is 25.9 Å². The number of ether oxygens (including phenoxy) is 2. The Morgan fingerprint density at radius 1 is 1.22 bits per heavy atom. The van der Waals surface area contributed by atoms with Gasteiger partial charge in [0.1, 0.15) is 5.75 Å². The lowest BCUT2D eigenvalue weighted by Gasteiger charge is -2.22. The van der Waals surface area contributed by atoms with Crippen LogP contribution in [0.5, 0.6) is 5.75 Å². The van der Waals surface area contributed by atoms with Crippen LogP contribution in [0, 0.1) is 0 Å². The molecule has 0 spiro atoms. The number of hydrogen-bond acceptors (Lipinski definition) is 4. The Morgan fingerprint density at radius 2 is 2.00 bits per heavy atom. The Kier molecular flexibility index (Phi) is 5.79. The molecule has 1 heterocycles. The van der Waals surface area contributed by atoms with Crippen molar-refractivity contribution in [1.29, 1.82) is 0 Å². The van der Waals surface area contributed by atoms with Gasteiger partial charge in [0.2, 0.25) is 0 Å². The molecule has 0 N–H and O–H groups in total. The monoisotopic (exact) mass is 316 g/mol. The van der Waals surface area contributed by atoms with Crippen molar-refractivity contribution >= 4 is 5.97 Å². The van der Waals surface area contributed by atoms with Gasteiger partial charge in [0, 0.05) is 25.4 Å². The molecule has 0 fully saturated rings. The first kappa shape index (κ1) is 17.1. The fourth-order valence-electron chi connectivity index (χ4n) is 2.24. The van der Waals surface area contributed by atoms with E-state index in [1.54, 1.807) is 6.20 Å². The van der Waals surface area contributed by atoms with E-state index in [0.29, 0.717) is 6.61 Å². The fourth-order valence-corrected chi connectivity index (χ4v) is 2.24. The fraction of sp³-hybridized carbons (Fsp3) is 0.444. The zero-order chi connectivity index (χ0) is 16.7. The number of carbonyl (C=O) groups excluding carboxylic acids is 1. The molecule has 0 aliphatic rings. The van der Waals surface area contributed by atoms with Crippen molar-refractivity contribution < 1.29 is 14.3 Å². The Balaban J connectivity index is 1.74. The molecule has 5 nitrogen and oxygen atoms in total. The normalized spacial score (nSPS) is 11.3. The molecule has 0 bridgehead atoms. The van der Waals surface area contributed by atoms with Gasteiger partial charge in [0.05, 0.1) is 6.61 Å². The molecule has 0 atom stereocenters. The molecular formula is C18H24N2O3. The van der Waals surface area contributed by atoms with Crippen LogP contribution in [0.1, 0.15) is 32.8 Å². The Bertz CT molecular complexity index is 615. The molecule has 23 heavy (non-hydrogen) atoms. The summed E-state index contributed by atoms with van der Waals surface area (Å²) in [5, 5.41) is 4.09. The van der Waals surface area contributed by atoms with Gasteiger partial charge >= 0.3 is 5.97 Å². The number of nitrogens with zero attached hydrogens (tertiary/aromatic N) is 2. The summed E-state index contributed by atoms with van der Waals surface area (Å²) in [4.78, 5) is 11.8. The Labute approximate surface area is 137 Å². The van der Waals surface area contributed by atoms with Gasteiger partial charge in [0.25, 0.3) is 0 Å². The van der Waals surface area contributed by atoms with Crippen LogP contribution in [-0.2, 0) is 21.5 Å². The van der Waals surface area contributed by atoms with Gasteiger partial charge in [0.15, 0.2) is 6.61 Å². The number of carbonyl (C=O) groups is 1. The van der Waals surface area contributed by atoms with E-state index in [4.69, 9.17) is 9.47 Å². The first-order chi connectivity index (χ1) is 11.0. The third-order valence-corrected chi connectivity index (χ3v) is 3.39. The molecule has 0 radical (unpaired) electrons. The number of rotatable bonds is 7. The van der Waals surface area contributed by atoms with Gasteiger partial charge in [-0.05, 0) is 23.1 Å². The number of aryl methyl sites for hydroxylation is 1. The molecule has 2 aromatic rings. The van der Waals surface area contributed by atoms with E-state index in [1.807, 2.05) is 41.2 Å². The number of aromatic nitrogens is 2. The van der Waals surface area contributed by atoms with E-state index in [0.717, 1.165) is 24.3 Å². The molecular weight excluding hydrogens is 292 g/mol. The standard InChI is InChI=1S/C18H24N2O3/c1-18(2,3)15-8-4-5-9-16(15)23-14-17(21)22-13-7-12-20-11-6-10-19-20/h4-6,8-11H,7,12-14H2,1-3H3. The highest BCUT2D eigenvalue weighted by Crippen LogP contribution is 2.30. The van der Waals surface area contributed by atoms with Crippen molar-refractivity contribution in [1.82, 2.24) is 9.78 Å². The Morgan fingerprint density at radius 3 is 2.70 bits per heavy atom. The first-order valence-electron chi connectivity index (χ1n) is 7.82. The van der Waals surface area contributed by atoms with Gasteiger partial charge in [-0.2, -0.15) is 5.10 Å². The Hall–Kier alpha value is -2.30. The van der Waals surface area contributed by atoms with Crippen molar-refractivity contribution in [2.24, 2.45) is 0 Å². The molecule has 1 aromatic heterocycles. The third kappa shape index (κ3) is 5.43. The summed E-state index contributed by atoms with van der Waals surface area (Å²) in [6.07, 6.45) is 4.34. The van der Waals surface area contributed by atoms with Crippen LogP contribution < -0.4 is 4.74 Å². The number of esters is 1. The van der Waals surface area contributed by atoms with Crippen molar-refractivity contribution in [3.05, 3.63) is 48.3 Å². The highest BCUT2D eigenvalue weighted by molar-refractivity contribution is 5.71. The average Bonchev–Trinajstić information content (AvgIpc) is 3.02. The maximum absolute atomic E-state index is 11.8. The maximum atomic E-state index is 11.8. The summed E-state index contributed by atoms with van der Waals surface area (Å²) in [5.41, 5.74) is 1.04. The van der Waals surface area contributed by atoms with Gasteiger partial charge in [-0.1, -0.05) is 39.0 Å². The predicted octanol–water partition coefficient (Wildman–Crippen LogP) is 3.19. The van der Waals surface area contributed by atoms with Gasteiger partial charge in [-0.3, -0.25) is 4.68 Å². The van der Waals surface area contributed by atoms with Crippen LogP contribution in [0.4, 0.5) is 0 Å². The molecule has 0 amide bonds. The summed E-state index contributed by atoms with van der Waals surface area (Å²) in [6.45, 7) is 7.36. The van der Waals surface area contributed by atoms with Crippen LogP contribution in [0.3, 0.4) is 0 Å². The SMILES string of the molecule is CC(C)(C)c1ccccc1OCC(=O)OCCCn1cccn1. The van der Waals surface area contributed by atoms with Crippen LogP contribution in [0.15, 0.2) is 42.7 Å². The summed E-state index contributed by atoms with van der Waals surface area (Å²) in [7, 11) is 0. The summed E-state index contributed by atoms with van der Waals surface area (Å²) < 4.78 is 12.6. The lowest BCUT2D eigenvalue weighted by molar-refractivity contribution is -0.146. The minimum absolute atomic E-state index is 0.0374. The van der Waals surface area contributed by atoms with Crippen LogP contribution in [-0.4, -0.2) is 29.0 Å². The zero-order valence-electron chi connectivity index (χ0n) is 14.0. The highest BCUT2D eigenvalue weighted by atomic mass is 16.6. The van der Waals surface area contributed by atoms with Gasteiger partial charge < -0.3 is 9.47 Å². The van der Waals surface area contributed by atoms with E-state index >= 15 is 0 Å².